The van der Waals surface area contributed by atoms with Crippen molar-refractivity contribution in [1.82, 2.24) is 14.5 Å². The van der Waals surface area contributed by atoms with Crippen LogP contribution in [0.15, 0.2) is 17.3 Å². The normalized spacial score (nSPS) is 13.5. The van der Waals surface area contributed by atoms with Crippen molar-refractivity contribution in [3.05, 3.63) is 12.3 Å². The average molecular weight is 263 g/mol. The van der Waals surface area contributed by atoms with Crippen molar-refractivity contribution in [3.63, 3.8) is 0 Å². The van der Waals surface area contributed by atoms with Gasteiger partial charge in [-0.05, 0) is 6.07 Å². The van der Waals surface area contributed by atoms with E-state index in [-0.39, 0.29) is 11.6 Å². The van der Waals surface area contributed by atoms with E-state index in [1.165, 1.54) is 31.1 Å². The molecular formula is C8H13N3O5S. The summed E-state index contributed by atoms with van der Waals surface area (Å²) >= 11 is 0. The molecule has 0 aliphatic carbocycles. The van der Waals surface area contributed by atoms with Gasteiger partial charge in [0, 0.05) is 20.7 Å². The Morgan fingerprint density at radius 1 is 1.71 bits per heavy atom. The fourth-order valence-electron chi connectivity index (χ4n) is 1.16. The molecule has 1 atom stereocenters. The second-order valence-corrected chi connectivity index (χ2v) is 4.92. The van der Waals surface area contributed by atoms with Crippen molar-refractivity contribution in [2.45, 2.75) is 11.1 Å². The second kappa shape index (κ2) is 5.25. The number of aliphatic carboxylic acids is 1. The molecule has 8 nitrogen and oxygen atoms in total. The van der Waals surface area contributed by atoms with Crippen molar-refractivity contribution in [1.29, 1.82) is 0 Å². The largest absolute Gasteiger partial charge is 0.479 e. The van der Waals surface area contributed by atoms with Crippen molar-refractivity contribution >= 4 is 16.0 Å². The van der Waals surface area contributed by atoms with Crippen molar-refractivity contribution < 1.29 is 23.1 Å². The van der Waals surface area contributed by atoms with Gasteiger partial charge in [-0.2, -0.15) is 5.10 Å². The predicted octanol–water partition coefficient (Wildman–Crippen LogP) is -1.20. The number of aromatic nitrogens is 2. The Labute approximate surface area is 98.2 Å². The first-order chi connectivity index (χ1) is 7.88. The third kappa shape index (κ3) is 3.25. The predicted molar refractivity (Wildman–Crippen MR) is 56.8 cm³/mol. The number of carboxylic acids is 1. The molecule has 1 heterocycles. The number of nitrogens with zero attached hydrogens (tertiary/aromatic N) is 2. The Balaban J connectivity index is 2.75. The zero-order valence-electron chi connectivity index (χ0n) is 9.32. The third-order valence-corrected chi connectivity index (χ3v) is 3.57. The van der Waals surface area contributed by atoms with Gasteiger partial charge in [0.2, 0.25) is 0 Å². The van der Waals surface area contributed by atoms with Gasteiger partial charge in [-0.3, -0.25) is 4.68 Å². The quantitative estimate of drug-likeness (QED) is 0.667. The highest BCUT2D eigenvalue weighted by atomic mass is 32.2. The van der Waals surface area contributed by atoms with E-state index < -0.39 is 22.1 Å². The molecule has 0 saturated carbocycles. The van der Waals surface area contributed by atoms with Crippen molar-refractivity contribution in [2.24, 2.45) is 7.05 Å². The fraction of sp³-hybridized carbons (Fsp3) is 0.500. The van der Waals surface area contributed by atoms with Crippen LogP contribution in [0.3, 0.4) is 0 Å². The highest BCUT2D eigenvalue weighted by molar-refractivity contribution is 7.89. The number of hydrogen-bond donors (Lipinski definition) is 2. The lowest BCUT2D eigenvalue weighted by molar-refractivity contribution is -0.147. The maximum absolute atomic E-state index is 11.7. The molecular weight excluding hydrogens is 250 g/mol. The van der Waals surface area contributed by atoms with Crippen LogP contribution in [0.4, 0.5) is 0 Å². The molecule has 17 heavy (non-hydrogen) atoms. The van der Waals surface area contributed by atoms with Crippen LogP contribution in [0.25, 0.3) is 0 Å². The standard InChI is InChI=1S/C8H13N3O5S/c1-11-7(3-4-9-11)17(14,15)10-5-6(16-2)8(12)13/h3-4,6,10H,5H2,1-2H3,(H,12,13). The molecule has 1 aromatic rings. The minimum Gasteiger partial charge on any atom is -0.479 e. The van der Waals surface area contributed by atoms with Crippen LogP contribution in [0, 0.1) is 0 Å². The fourth-order valence-corrected chi connectivity index (χ4v) is 2.31. The Hall–Kier alpha value is -1.45. The summed E-state index contributed by atoms with van der Waals surface area (Å²) in [5.74, 6) is -1.24. The van der Waals surface area contributed by atoms with Gasteiger partial charge in [0.1, 0.15) is 0 Å². The Morgan fingerprint density at radius 3 is 2.76 bits per heavy atom. The summed E-state index contributed by atoms with van der Waals surface area (Å²) < 4.78 is 31.4. The van der Waals surface area contributed by atoms with Crippen LogP contribution in [0.1, 0.15) is 0 Å². The summed E-state index contributed by atoms with van der Waals surface area (Å²) in [4.78, 5) is 10.6. The van der Waals surface area contributed by atoms with Gasteiger partial charge in [-0.15, -0.1) is 0 Å². The molecule has 0 bridgehead atoms. The van der Waals surface area contributed by atoms with Crippen molar-refractivity contribution in [2.75, 3.05) is 13.7 Å². The SMILES string of the molecule is COC(CNS(=O)(=O)c1ccnn1C)C(=O)O. The molecule has 0 fully saturated rings. The van der Waals surface area contributed by atoms with E-state index in [1.807, 2.05) is 0 Å². The van der Waals surface area contributed by atoms with Gasteiger partial charge in [0.25, 0.3) is 10.0 Å². The van der Waals surface area contributed by atoms with Gasteiger partial charge in [-0.25, -0.2) is 17.9 Å². The molecule has 0 amide bonds. The molecule has 96 valence electrons. The first-order valence-corrected chi connectivity index (χ1v) is 6.10. The van der Waals surface area contributed by atoms with E-state index in [0.29, 0.717) is 0 Å². The number of carbonyl (C=O) groups is 1. The molecule has 9 heteroatoms. The van der Waals surface area contributed by atoms with Gasteiger partial charge in [-0.1, -0.05) is 0 Å². The van der Waals surface area contributed by atoms with E-state index >= 15 is 0 Å². The van der Waals surface area contributed by atoms with Gasteiger partial charge in [0.15, 0.2) is 11.1 Å². The number of rotatable bonds is 6. The van der Waals surface area contributed by atoms with Crippen LogP contribution in [-0.4, -0.2) is 49.0 Å². The smallest absolute Gasteiger partial charge is 0.334 e. The number of nitrogens with one attached hydrogen (secondary N) is 1. The second-order valence-electron chi connectivity index (χ2n) is 3.21. The number of hydrogen-bond acceptors (Lipinski definition) is 5. The summed E-state index contributed by atoms with van der Waals surface area (Å²) in [7, 11) is -1.12. The highest BCUT2D eigenvalue weighted by Gasteiger charge is 2.22. The molecule has 1 rings (SSSR count). The van der Waals surface area contributed by atoms with Crippen LogP contribution < -0.4 is 4.72 Å². The average Bonchev–Trinajstić information content (AvgIpc) is 2.65. The molecule has 0 aliphatic heterocycles. The first-order valence-electron chi connectivity index (χ1n) is 4.61. The Kier molecular flexibility index (Phi) is 4.21. The summed E-state index contributed by atoms with van der Waals surface area (Å²) in [6.07, 6.45) is 0.109. The number of methoxy groups -OCH3 is 1. The molecule has 0 aliphatic rings. The van der Waals surface area contributed by atoms with E-state index in [0.717, 1.165) is 0 Å². The molecule has 1 aromatic heterocycles. The van der Waals surface area contributed by atoms with E-state index in [2.05, 4.69) is 14.6 Å². The van der Waals surface area contributed by atoms with Crippen LogP contribution in [0.2, 0.25) is 0 Å². The summed E-state index contributed by atoms with van der Waals surface area (Å²) in [5.41, 5.74) is 0. The summed E-state index contributed by atoms with van der Waals surface area (Å²) in [6.45, 7) is -0.348. The van der Waals surface area contributed by atoms with Gasteiger partial charge >= 0.3 is 5.97 Å². The third-order valence-electron chi connectivity index (χ3n) is 2.07. The van der Waals surface area contributed by atoms with Crippen LogP contribution in [0.5, 0.6) is 0 Å². The minimum absolute atomic E-state index is 0.0438. The van der Waals surface area contributed by atoms with E-state index in [4.69, 9.17) is 5.11 Å². The minimum atomic E-state index is -3.78. The molecule has 1 unspecified atom stereocenters. The number of aryl methyl sites for hydroxylation is 1. The maximum Gasteiger partial charge on any atom is 0.334 e. The summed E-state index contributed by atoms with van der Waals surface area (Å²) in [5, 5.41) is 12.3. The van der Waals surface area contributed by atoms with Gasteiger partial charge in [0.05, 0.1) is 6.20 Å². The highest BCUT2D eigenvalue weighted by Crippen LogP contribution is 2.05. The molecule has 0 radical (unpaired) electrons. The van der Waals surface area contributed by atoms with Crippen molar-refractivity contribution in [3.8, 4) is 0 Å². The maximum atomic E-state index is 11.7. The van der Waals surface area contributed by atoms with Gasteiger partial charge < -0.3 is 9.84 Å². The monoisotopic (exact) mass is 263 g/mol. The molecule has 0 spiro atoms. The number of sulfonamides is 1. The lowest BCUT2D eigenvalue weighted by atomic mass is 10.4. The zero-order valence-corrected chi connectivity index (χ0v) is 10.1. The zero-order chi connectivity index (χ0) is 13.1. The van der Waals surface area contributed by atoms with Crippen LogP contribution >= 0.6 is 0 Å². The molecule has 0 aromatic carbocycles. The first kappa shape index (κ1) is 13.6. The van der Waals surface area contributed by atoms with Crippen LogP contribution in [-0.2, 0) is 26.6 Å². The number of carboxylic acid groups (broad SMARTS) is 1. The lowest BCUT2D eigenvalue weighted by Crippen LogP contribution is -2.38. The van der Waals surface area contributed by atoms with E-state index in [1.54, 1.807) is 0 Å². The number of ether oxygens (including phenoxy) is 1. The Morgan fingerprint density at radius 2 is 2.35 bits per heavy atom. The molecule has 2 N–H and O–H groups in total. The molecule has 0 saturated heterocycles. The summed E-state index contributed by atoms with van der Waals surface area (Å²) in [6, 6.07) is 1.31. The Bertz CT molecular complexity index is 495. The lowest BCUT2D eigenvalue weighted by Gasteiger charge is -2.11. The topological polar surface area (TPSA) is 111 Å². The van der Waals surface area contributed by atoms with E-state index in [9.17, 15) is 13.2 Å².